The molecule has 0 aromatic carbocycles. The zero-order valence-corrected chi connectivity index (χ0v) is 57.4. The quantitative estimate of drug-likeness (QED) is 0.0320. The molecule has 0 radical (unpaired) electrons. The van der Waals surface area contributed by atoms with Gasteiger partial charge in [-0.05, 0) is 89.9 Å². The van der Waals surface area contributed by atoms with Gasteiger partial charge in [-0.25, -0.2) is 0 Å². The van der Waals surface area contributed by atoms with Gasteiger partial charge in [-0.3, -0.25) is 9.59 Å². The maximum atomic E-state index is 12.5. The summed E-state index contributed by atoms with van der Waals surface area (Å²) in [6.07, 6.45) is 98.1. The van der Waals surface area contributed by atoms with Crippen LogP contribution < -0.4 is 5.32 Å². The van der Waals surface area contributed by atoms with Gasteiger partial charge in [-0.2, -0.15) is 0 Å². The van der Waals surface area contributed by atoms with Crippen molar-refractivity contribution in [1.82, 2.24) is 5.32 Å². The highest BCUT2D eigenvalue weighted by atomic mass is 16.5. The summed E-state index contributed by atoms with van der Waals surface area (Å²) in [6.45, 7) is 4.90. The van der Waals surface area contributed by atoms with Crippen LogP contribution in [-0.4, -0.2) is 47.4 Å². The monoisotopic (exact) mass is 1190 g/mol. The van der Waals surface area contributed by atoms with Crippen molar-refractivity contribution < 1.29 is 24.5 Å². The van der Waals surface area contributed by atoms with E-state index in [0.29, 0.717) is 19.4 Å². The van der Waals surface area contributed by atoms with Crippen LogP contribution in [0.4, 0.5) is 0 Å². The van der Waals surface area contributed by atoms with E-state index in [1.807, 2.05) is 6.08 Å². The molecule has 500 valence electrons. The summed E-state index contributed by atoms with van der Waals surface area (Å²) in [6, 6.07) is -0.624. The molecule has 0 aromatic heterocycles. The second-order valence-corrected chi connectivity index (χ2v) is 26.3. The SMILES string of the molecule is CCCCC/C=C\C/C=C\CCCCCCCC(=O)OCCCCCCCCCCCCCCCCCCCC/C=C\CCCCCCCCCCCCCCCCCCCC(=O)NC(CO)C(O)/C=C/CCCCCCCCCCCCCC. The van der Waals surface area contributed by atoms with Crippen molar-refractivity contribution in [3.8, 4) is 0 Å². The standard InChI is InChI=1S/C79H149NO5/c1-3-5-7-9-11-13-15-17-44-49-53-57-61-65-69-73-79(84)85-74-70-66-62-58-54-50-46-43-41-39-37-35-33-31-29-27-25-23-21-19-20-22-24-26-28-30-32-34-36-38-40-42-45-48-52-56-60-64-68-72-78(83)80-76(75-81)77(82)71-67-63-59-55-51-47-18-16-14-12-10-8-6-4-2/h11,13,17,19-20,44,67,71,76-77,81-82H,3-10,12,14-16,18,21-43,45-66,68-70,72-75H2,1-2H3,(H,80,83)/b13-11-,20-19-,44-17-,71-67+. The van der Waals surface area contributed by atoms with Crippen molar-refractivity contribution in [1.29, 1.82) is 0 Å². The first-order chi connectivity index (χ1) is 42.0. The number of amides is 1. The lowest BCUT2D eigenvalue weighted by Gasteiger charge is -2.20. The first-order valence-electron chi connectivity index (χ1n) is 38.4. The minimum Gasteiger partial charge on any atom is -0.466 e. The number of allylic oxidation sites excluding steroid dienone is 7. The largest absolute Gasteiger partial charge is 0.466 e. The van der Waals surface area contributed by atoms with E-state index < -0.39 is 12.1 Å². The number of carbonyl (C=O) groups excluding carboxylic acids is 2. The molecule has 0 aromatic rings. The molecule has 0 bridgehead atoms. The Morgan fingerprint density at radius 1 is 0.329 bits per heavy atom. The van der Waals surface area contributed by atoms with Crippen LogP contribution in [0.15, 0.2) is 48.6 Å². The highest BCUT2D eigenvalue weighted by molar-refractivity contribution is 5.76. The van der Waals surface area contributed by atoms with Crippen LogP contribution in [0.3, 0.4) is 0 Å². The lowest BCUT2D eigenvalue weighted by molar-refractivity contribution is -0.143. The minimum absolute atomic E-state index is 0.00842. The van der Waals surface area contributed by atoms with Crippen LogP contribution in [0.1, 0.15) is 418 Å². The summed E-state index contributed by atoms with van der Waals surface area (Å²) in [4.78, 5) is 24.6. The molecule has 85 heavy (non-hydrogen) atoms. The molecule has 0 heterocycles. The average molecular weight is 1190 g/mol. The Balaban J connectivity index is 3.33. The summed E-state index contributed by atoms with van der Waals surface area (Å²) in [5, 5.41) is 23.2. The fourth-order valence-electron chi connectivity index (χ4n) is 12.0. The second kappa shape index (κ2) is 74.3. The molecule has 0 saturated heterocycles. The molecular formula is C79H149NO5. The summed E-state index contributed by atoms with van der Waals surface area (Å²) in [5.41, 5.74) is 0. The number of rotatable bonds is 72. The van der Waals surface area contributed by atoms with E-state index in [2.05, 4.69) is 55.6 Å². The highest BCUT2D eigenvalue weighted by Gasteiger charge is 2.18. The normalized spacial score (nSPS) is 12.8. The number of carbonyl (C=O) groups is 2. The molecule has 0 aliphatic carbocycles. The number of aliphatic hydroxyl groups is 2. The molecule has 1 amide bonds. The number of esters is 1. The fourth-order valence-corrected chi connectivity index (χ4v) is 12.0. The number of aliphatic hydroxyl groups excluding tert-OH is 2. The molecular weight excluding hydrogens is 1040 g/mol. The van der Waals surface area contributed by atoms with Gasteiger partial charge in [0.15, 0.2) is 0 Å². The van der Waals surface area contributed by atoms with Crippen molar-refractivity contribution in [2.24, 2.45) is 0 Å². The molecule has 2 atom stereocenters. The van der Waals surface area contributed by atoms with E-state index in [0.717, 1.165) is 51.4 Å². The van der Waals surface area contributed by atoms with Gasteiger partial charge in [-0.15, -0.1) is 0 Å². The number of nitrogens with one attached hydrogen (secondary N) is 1. The third kappa shape index (κ3) is 70.8. The second-order valence-electron chi connectivity index (χ2n) is 26.3. The molecule has 0 aliphatic rings. The van der Waals surface area contributed by atoms with Crippen molar-refractivity contribution in [2.45, 2.75) is 431 Å². The van der Waals surface area contributed by atoms with E-state index in [9.17, 15) is 19.8 Å². The third-order valence-corrected chi connectivity index (χ3v) is 17.8. The first-order valence-corrected chi connectivity index (χ1v) is 38.4. The molecule has 2 unspecified atom stereocenters. The maximum Gasteiger partial charge on any atom is 0.305 e. The average Bonchev–Trinajstić information content (AvgIpc) is 3.52. The lowest BCUT2D eigenvalue weighted by atomic mass is 10.0. The topological polar surface area (TPSA) is 95.9 Å². The summed E-state index contributed by atoms with van der Waals surface area (Å²) in [5.74, 6) is -0.0533. The van der Waals surface area contributed by atoms with E-state index >= 15 is 0 Å². The van der Waals surface area contributed by atoms with Crippen LogP contribution in [0.2, 0.25) is 0 Å². The van der Waals surface area contributed by atoms with Gasteiger partial charge >= 0.3 is 5.97 Å². The Morgan fingerprint density at radius 3 is 0.929 bits per heavy atom. The van der Waals surface area contributed by atoms with Crippen LogP contribution in [0, 0.1) is 0 Å². The molecule has 0 spiro atoms. The smallest absolute Gasteiger partial charge is 0.305 e. The minimum atomic E-state index is -0.841. The van der Waals surface area contributed by atoms with Crippen LogP contribution in [0.5, 0.6) is 0 Å². The Hall–Kier alpha value is -2.18. The van der Waals surface area contributed by atoms with Gasteiger partial charge in [0.05, 0.1) is 25.4 Å². The summed E-state index contributed by atoms with van der Waals surface area (Å²) < 4.78 is 5.49. The fraction of sp³-hybridized carbons (Fsp3) is 0.873. The van der Waals surface area contributed by atoms with E-state index in [-0.39, 0.29) is 18.5 Å². The Labute approximate surface area is 531 Å². The van der Waals surface area contributed by atoms with E-state index in [1.165, 1.54) is 340 Å². The van der Waals surface area contributed by atoms with Crippen LogP contribution in [-0.2, 0) is 14.3 Å². The van der Waals surface area contributed by atoms with Gasteiger partial charge in [0.2, 0.25) is 5.91 Å². The molecule has 0 saturated carbocycles. The van der Waals surface area contributed by atoms with Crippen molar-refractivity contribution in [3.05, 3.63) is 48.6 Å². The van der Waals surface area contributed by atoms with Gasteiger partial charge < -0.3 is 20.3 Å². The lowest BCUT2D eigenvalue weighted by Crippen LogP contribution is -2.45. The maximum absolute atomic E-state index is 12.5. The molecule has 6 heteroatoms. The Morgan fingerprint density at radius 2 is 0.588 bits per heavy atom. The van der Waals surface area contributed by atoms with Crippen LogP contribution >= 0.6 is 0 Å². The highest BCUT2D eigenvalue weighted by Crippen LogP contribution is 2.19. The summed E-state index contributed by atoms with van der Waals surface area (Å²) >= 11 is 0. The molecule has 0 aliphatic heterocycles. The van der Waals surface area contributed by atoms with Crippen molar-refractivity contribution in [2.75, 3.05) is 13.2 Å². The third-order valence-electron chi connectivity index (χ3n) is 17.8. The zero-order chi connectivity index (χ0) is 61.3. The zero-order valence-electron chi connectivity index (χ0n) is 57.4. The molecule has 6 nitrogen and oxygen atoms in total. The van der Waals surface area contributed by atoms with Crippen molar-refractivity contribution in [3.63, 3.8) is 0 Å². The number of ether oxygens (including phenoxy) is 1. The first kappa shape index (κ1) is 82.8. The van der Waals surface area contributed by atoms with E-state index in [1.54, 1.807) is 6.08 Å². The summed E-state index contributed by atoms with van der Waals surface area (Å²) in [7, 11) is 0. The van der Waals surface area contributed by atoms with Gasteiger partial charge in [0.25, 0.3) is 0 Å². The van der Waals surface area contributed by atoms with Gasteiger partial charge in [0, 0.05) is 12.8 Å². The number of hydrogen-bond acceptors (Lipinski definition) is 5. The van der Waals surface area contributed by atoms with E-state index in [4.69, 9.17) is 4.74 Å². The predicted molar refractivity (Wildman–Crippen MR) is 375 cm³/mol. The molecule has 0 rings (SSSR count). The van der Waals surface area contributed by atoms with Gasteiger partial charge in [0.1, 0.15) is 0 Å². The van der Waals surface area contributed by atoms with Crippen LogP contribution in [0.25, 0.3) is 0 Å². The Kier molecular flexibility index (Phi) is 72.4. The molecule has 3 N–H and O–H groups in total. The van der Waals surface area contributed by atoms with Crippen molar-refractivity contribution >= 4 is 11.9 Å². The van der Waals surface area contributed by atoms with Gasteiger partial charge in [-0.1, -0.05) is 364 Å². The predicted octanol–water partition coefficient (Wildman–Crippen LogP) is 25.2. The molecule has 0 fully saturated rings. The number of hydrogen-bond donors (Lipinski definition) is 3. The Bertz CT molecular complexity index is 1420. The number of unbranched alkanes of at least 4 members (excludes halogenated alkanes) is 55.